The van der Waals surface area contributed by atoms with E-state index >= 15 is 0 Å². The summed E-state index contributed by atoms with van der Waals surface area (Å²) >= 11 is 0. The normalized spacial score (nSPS) is 16.8. The quantitative estimate of drug-likeness (QED) is 0.860. The number of alkyl halides is 3. The van der Waals surface area contributed by atoms with E-state index in [1.54, 1.807) is 0 Å². The molecule has 0 saturated carbocycles. The second-order valence-corrected chi connectivity index (χ2v) is 4.92. The largest absolute Gasteiger partial charge is 0.440 e. The van der Waals surface area contributed by atoms with Gasteiger partial charge in [-0.2, -0.15) is 13.2 Å². The predicted molar refractivity (Wildman–Crippen MR) is 70.7 cm³/mol. The molecule has 1 heterocycles. The first kappa shape index (κ1) is 15.6. The van der Waals surface area contributed by atoms with Crippen LogP contribution in [0, 0.1) is 0 Å². The Bertz CT molecular complexity index is 457. The molecule has 0 unspecified atom stereocenters. The zero-order chi connectivity index (χ0) is 15.3. The van der Waals surface area contributed by atoms with Crippen molar-refractivity contribution in [2.45, 2.75) is 12.7 Å². The minimum Gasteiger partial charge on any atom is -0.440 e. The van der Waals surface area contributed by atoms with Crippen molar-refractivity contribution in [3.05, 3.63) is 35.9 Å². The van der Waals surface area contributed by atoms with Crippen molar-refractivity contribution in [1.82, 2.24) is 9.80 Å². The van der Waals surface area contributed by atoms with Crippen molar-refractivity contribution in [1.29, 1.82) is 0 Å². The summed E-state index contributed by atoms with van der Waals surface area (Å²) in [6.07, 6.45) is -5.38. The van der Waals surface area contributed by atoms with Crippen LogP contribution in [0.2, 0.25) is 0 Å². The fraction of sp³-hybridized carbons (Fsp3) is 0.500. The first-order valence-corrected chi connectivity index (χ1v) is 6.69. The summed E-state index contributed by atoms with van der Waals surface area (Å²) in [6, 6.07) is 9.90. The van der Waals surface area contributed by atoms with E-state index in [9.17, 15) is 18.0 Å². The van der Waals surface area contributed by atoms with Gasteiger partial charge in [0.15, 0.2) is 6.61 Å². The SMILES string of the molecule is O=C(OCC(F)(F)F)N1CCN(Cc2ccccc2)CC1. The number of carbonyl (C=O) groups excluding carboxylic acids is 1. The number of nitrogens with zero attached hydrogens (tertiary/aromatic N) is 2. The minimum absolute atomic E-state index is 0.378. The van der Waals surface area contributed by atoms with Gasteiger partial charge in [0.25, 0.3) is 0 Å². The summed E-state index contributed by atoms with van der Waals surface area (Å²) < 4.78 is 40.2. The van der Waals surface area contributed by atoms with Crippen LogP contribution in [-0.4, -0.2) is 54.9 Å². The second kappa shape index (κ2) is 6.80. The lowest BCUT2D eigenvalue weighted by atomic mass is 10.2. The molecular weight excluding hydrogens is 285 g/mol. The Morgan fingerprint density at radius 3 is 2.29 bits per heavy atom. The third-order valence-electron chi connectivity index (χ3n) is 3.24. The lowest BCUT2D eigenvalue weighted by molar-refractivity contribution is -0.162. The van der Waals surface area contributed by atoms with Crippen LogP contribution in [0.1, 0.15) is 5.56 Å². The number of rotatable bonds is 3. The lowest BCUT2D eigenvalue weighted by Crippen LogP contribution is -2.48. The van der Waals surface area contributed by atoms with Crippen molar-refractivity contribution < 1.29 is 22.7 Å². The topological polar surface area (TPSA) is 32.8 Å². The van der Waals surface area contributed by atoms with E-state index in [2.05, 4.69) is 9.64 Å². The maximum atomic E-state index is 12.0. The molecule has 0 aromatic heterocycles. The average molecular weight is 302 g/mol. The molecule has 1 amide bonds. The van der Waals surface area contributed by atoms with Crippen LogP contribution in [0.5, 0.6) is 0 Å². The van der Waals surface area contributed by atoms with Gasteiger partial charge in [-0.05, 0) is 5.56 Å². The molecule has 0 bridgehead atoms. The maximum Gasteiger partial charge on any atom is 0.422 e. The highest BCUT2D eigenvalue weighted by Gasteiger charge is 2.31. The van der Waals surface area contributed by atoms with Crippen LogP contribution in [0.25, 0.3) is 0 Å². The summed E-state index contributed by atoms with van der Waals surface area (Å²) in [5, 5.41) is 0. The van der Waals surface area contributed by atoms with Crippen molar-refractivity contribution in [2.24, 2.45) is 0 Å². The summed E-state index contributed by atoms with van der Waals surface area (Å²) in [7, 11) is 0. The zero-order valence-corrected chi connectivity index (χ0v) is 11.5. The molecule has 21 heavy (non-hydrogen) atoms. The van der Waals surface area contributed by atoms with Crippen molar-refractivity contribution in [3.8, 4) is 0 Å². The van der Waals surface area contributed by atoms with Gasteiger partial charge < -0.3 is 9.64 Å². The van der Waals surface area contributed by atoms with Gasteiger partial charge in [-0.15, -0.1) is 0 Å². The molecule has 0 atom stereocenters. The molecule has 0 radical (unpaired) electrons. The Kier molecular flexibility index (Phi) is 5.06. The molecule has 7 heteroatoms. The fourth-order valence-electron chi connectivity index (χ4n) is 2.17. The summed E-state index contributed by atoms with van der Waals surface area (Å²) in [5.41, 5.74) is 1.17. The number of amides is 1. The Morgan fingerprint density at radius 1 is 1.10 bits per heavy atom. The van der Waals surface area contributed by atoms with Crippen molar-refractivity contribution in [3.63, 3.8) is 0 Å². The van der Waals surface area contributed by atoms with Crippen LogP contribution in [0.3, 0.4) is 0 Å². The molecule has 1 aromatic rings. The third kappa shape index (κ3) is 5.26. The molecular formula is C14H17F3N2O2. The van der Waals surface area contributed by atoms with E-state index < -0.39 is 18.9 Å². The number of carbonyl (C=O) groups is 1. The molecule has 4 nitrogen and oxygen atoms in total. The number of hydrogen-bond donors (Lipinski definition) is 0. The highest BCUT2D eigenvalue weighted by Crippen LogP contribution is 2.16. The third-order valence-corrected chi connectivity index (χ3v) is 3.24. The van der Waals surface area contributed by atoms with Gasteiger partial charge in [0.2, 0.25) is 0 Å². The number of ether oxygens (including phenoxy) is 1. The van der Waals surface area contributed by atoms with Crippen LogP contribution in [0.15, 0.2) is 30.3 Å². The van der Waals surface area contributed by atoms with E-state index in [4.69, 9.17) is 0 Å². The molecule has 1 fully saturated rings. The molecule has 0 aliphatic carbocycles. The molecule has 1 aliphatic rings. The van der Waals surface area contributed by atoms with E-state index in [-0.39, 0.29) is 0 Å². The Balaban J connectivity index is 1.74. The number of halogens is 3. The number of hydrogen-bond acceptors (Lipinski definition) is 3. The van der Waals surface area contributed by atoms with Gasteiger partial charge in [-0.1, -0.05) is 30.3 Å². The smallest absolute Gasteiger partial charge is 0.422 e. The van der Waals surface area contributed by atoms with Gasteiger partial charge in [-0.25, -0.2) is 4.79 Å². The van der Waals surface area contributed by atoms with Gasteiger partial charge in [0, 0.05) is 32.7 Å². The van der Waals surface area contributed by atoms with Crippen molar-refractivity contribution >= 4 is 6.09 Å². The van der Waals surface area contributed by atoms with E-state index in [1.165, 1.54) is 10.5 Å². The lowest BCUT2D eigenvalue weighted by Gasteiger charge is -2.34. The Labute approximate surface area is 121 Å². The van der Waals surface area contributed by atoms with Crippen LogP contribution < -0.4 is 0 Å². The highest BCUT2D eigenvalue weighted by molar-refractivity contribution is 5.67. The first-order chi connectivity index (χ1) is 9.94. The standard InChI is InChI=1S/C14H17F3N2O2/c15-14(16,17)11-21-13(20)19-8-6-18(7-9-19)10-12-4-2-1-3-5-12/h1-5H,6-11H2. The number of piperazine rings is 1. The second-order valence-electron chi connectivity index (χ2n) is 4.92. The van der Waals surface area contributed by atoms with E-state index in [1.807, 2.05) is 30.3 Å². The fourth-order valence-corrected chi connectivity index (χ4v) is 2.17. The molecule has 0 N–H and O–H groups in total. The molecule has 0 spiro atoms. The zero-order valence-electron chi connectivity index (χ0n) is 11.5. The molecule has 1 saturated heterocycles. The first-order valence-electron chi connectivity index (χ1n) is 6.69. The van der Waals surface area contributed by atoms with Crippen LogP contribution >= 0.6 is 0 Å². The summed E-state index contributed by atoms with van der Waals surface area (Å²) in [4.78, 5) is 15.0. The molecule has 1 aliphatic heterocycles. The molecule has 116 valence electrons. The van der Waals surface area contributed by atoms with Gasteiger partial charge >= 0.3 is 12.3 Å². The molecule has 2 rings (SSSR count). The summed E-state index contributed by atoms with van der Waals surface area (Å²) in [5.74, 6) is 0. The van der Waals surface area contributed by atoms with Gasteiger partial charge in [0.05, 0.1) is 0 Å². The maximum absolute atomic E-state index is 12.0. The van der Waals surface area contributed by atoms with Crippen LogP contribution in [-0.2, 0) is 11.3 Å². The van der Waals surface area contributed by atoms with Crippen LogP contribution in [0.4, 0.5) is 18.0 Å². The van der Waals surface area contributed by atoms with E-state index in [0.717, 1.165) is 6.54 Å². The predicted octanol–water partition coefficient (Wildman–Crippen LogP) is 2.50. The monoisotopic (exact) mass is 302 g/mol. The molecule has 1 aromatic carbocycles. The van der Waals surface area contributed by atoms with Crippen molar-refractivity contribution in [2.75, 3.05) is 32.8 Å². The highest BCUT2D eigenvalue weighted by atomic mass is 19.4. The summed E-state index contributed by atoms with van der Waals surface area (Å²) in [6.45, 7) is 1.24. The average Bonchev–Trinajstić information content (AvgIpc) is 2.46. The minimum atomic E-state index is -4.48. The van der Waals surface area contributed by atoms with E-state index in [0.29, 0.717) is 26.2 Å². The Morgan fingerprint density at radius 2 is 1.71 bits per heavy atom. The van der Waals surface area contributed by atoms with Gasteiger partial charge in [0.1, 0.15) is 0 Å². The van der Waals surface area contributed by atoms with Gasteiger partial charge in [-0.3, -0.25) is 4.90 Å². The number of benzene rings is 1. The Hall–Kier alpha value is -1.76.